The van der Waals surface area contributed by atoms with Gasteiger partial charge in [0, 0.05) is 23.9 Å². The molecule has 0 saturated carbocycles. The molecule has 11 heteroatoms. The van der Waals surface area contributed by atoms with Gasteiger partial charge in [-0.05, 0) is 13.0 Å². The SMILES string of the molecule is C[C@@H]1COCCN1c1nc(OC2COC2)nc(-c2cnc(N)cc2C(F)F)n1. The molecule has 2 N–H and O–H groups in total. The van der Waals surface area contributed by atoms with Gasteiger partial charge in [0.15, 0.2) is 5.82 Å². The summed E-state index contributed by atoms with van der Waals surface area (Å²) in [6.07, 6.45) is -1.69. The number of nitrogens with zero attached hydrogens (tertiary/aromatic N) is 5. The van der Waals surface area contributed by atoms with E-state index in [4.69, 9.17) is 19.9 Å². The third kappa shape index (κ3) is 3.80. The Labute approximate surface area is 159 Å². The van der Waals surface area contributed by atoms with Gasteiger partial charge in [0.25, 0.3) is 6.43 Å². The minimum atomic E-state index is -2.76. The van der Waals surface area contributed by atoms with E-state index in [2.05, 4.69) is 19.9 Å². The first-order valence-electron chi connectivity index (χ1n) is 8.90. The van der Waals surface area contributed by atoms with E-state index in [0.717, 1.165) is 6.07 Å². The van der Waals surface area contributed by atoms with E-state index >= 15 is 0 Å². The number of nitrogens with two attached hydrogens (primary N) is 1. The van der Waals surface area contributed by atoms with Crippen LogP contribution in [0.4, 0.5) is 20.5 Å². The molecule has 2 saturated heterocycles. The Bertz CT molecular complexity index is 852. The van der Waals surface area contributed by atoms with Crippen LogP contribution in [0.1, 0.15) is 18.9 Å². The van der Waals surface area contributed by atoms with Crippen LogP contribution in [0.3, 0.4) is 0 Å². The van der Waals surface area contributed by atoms with Crippen molar-refractivity contribution in [2.75, 3.05) is 43.6 Å². The van der Waals surface area contributed by atoms with Crippen LogP contribution in [0.15, 0.2) is 12.3 Å². The van der Waals surface area contributed by atoms with E-state index in [1.807, 2.05) is 11.8 Å². The lowest BCUT2D eigenvalue weighted by Crippen LogP contribution is -2.45. The summed E-state index contributed by atoms with van der Waals surface area (Å²) < 4.78 is 43.4. The van der Waals surface area contributed by atoms with Crippen LogP contribution in [0.25, 0.3) is 11.4 Å². The van der Waals surface area contributed by atoms with Crippen LogP contribution in [0.2, 0.25) is 0 Å². The Morgan fingerprint density at radius 1 is 1.21 bits per heavy atom. The Balaban J connectivity index is 1.77. The van der Waals surface area contributed by atoms with Crippen LogP contribution in [-0.2, 0) is 9.47 Å². The van der Waals surface area contributed by atoms with Crippen molar-refractivity contribution in [3.63, 3.8) is 0 Å². The largest absolute Gasteiger partial charge is 0.455 e. The van der Waals surface area contributed by atoms with E-state index in [9.17, 15) is 8.78 Å². The van der Waals surface area contributed by atoms with Gasteiger partial charge in [-0.3, -0.25) is 0 Å². The van der Waals surface area contributed by atoms with Gasteiger partial charge in [0.05, 0.1) is 32.5 Å². The van der Waals surface area contributed by atoms with Crippen molar-refractivity contribution in [3.05, 3.63) is 17.8 Å². The topological polar surface area (TPSA) is 109 Å². The highest BCUT2D eigenvalue weighted by atomic mass is 19.3. The number of nitrogen functional groups attached to an aromatic ring is 1. The summed E-state index contributed by atoms with van der Waals surface area (Å²) in [4.78, 5) is 18.9. The van der Waals surface area contributed by atoms with E-state index in [-0.39, 0.29) is 40.9 Å². The second-order valence-corrected chi connectivity index (χ2v) is 6.63. The molecule has 2 aliphatic heterocycles. The lowest BCUT2D eigenvalue weighted by molar-refractivity contribution is -0.0831. The highest BCUT2D eigenvalue weighted by molar-refractivity contribution is 5.63. The van der Waals surface area contributed by atoms with Crippen molar-refractivity contribution < 1.29 is 23.0 Å². The molecule has 9 nitrogen and oxygen atoms in total. The van der Waals surface area contributed by atoms with Gasteiger partial charge in [0.2, 0.25) is 5.95 Å². The second kappa shape index (κ2) is 7.76. The number of pyridine rings is 1. The summed E-state index contributed by atoms with van der Waals surface area (Å²) in [5, 5.41) is 0. The first-order chi connectivity index (χ1) is 13.5. The molecule has 4 rings (SSSR count). The molecule has 2 aromatic rings. The smallest absolute Gasteiger partial charge is 0.322 e. The number of rotatable bonds is 5. The molecule has 2 fully saturated rings. The van der Waals surface area contributed by atoms with Crippen LogP contribution >= 0.6 is 0 Å². The summed E-state index contributed by atoms with van der Waals surface area (Å²) in [6.45, 7) is 4.42. The van der Waals surface area contributed by atoms with E-state index in [0.29, 0.717) is 38.9 Å². The third-order valence-corrected chi connectivity index (χ3v) is 4.54. The van der Waals surface area contributed by atoms with Gasteiger partial charge in [-0.2, -0.15) is 15.0 Å². The zero-order chi connectivity index (χ0) is 19.7. The highest BCUT2D eigenvalue weighted by Gasteiger charge is 2.27. The summed E-state index contributed by atoms with van der Waals surface area (Å²) in [5.74, 6) is 0.396. The van der Waals surface area contributed by atoms with Gasteiger partial charge < -0.3 is 24.8 Å². The minimum absolute atomic E-state index is 0.00165. The molecule has 0 spiro atoms. The average Bonchev–Trinajstić information content (AvgIpc) is 2.65. The number of anilines is 2. The standard InChI is InChI=1S/C17H20F2N6O3/c1-9-6-26-3-2-25(9)16-22-15(23-17(24-16)28-10-7-27-8-10)12-5-21-13(20)4-11(12)14(18)19/h4-5,9-10,14H,2-3,6-8H2,1H3,(H2,20,21)/t9-/m1/s1. The summed E-state index contributed by atoms with van der Waals surface area (Å²) in [7, 11) is 0. The Morgan fingerprint density at radius 2 is 2.04 bits per heavy atom. The average molecular weight is 394 g/mol. The Kier molecular flexibility index (Phi) is 5.18. The van der Waals surface area contributed by atoms with Crippen molar-refractivity contribution >= 4 is 11.8 Å². The zero-order valence-corrected chi connectivity index (χ0v) is 15.2. The fourth-order valence-corrected chi connectivity index (χ4v) is 2.96. The Morgan fingerprint density at radius 3 is 2.71 bits per heavy atom. The molecular formula is C17H20F2N6O3. The lowest BCUT2D eigenvalue weighted by atomic mass is 10.1. The van der Waals surface area contributed by atoms with Gasteiger partial charge in [-0.25, -0.2) is 13.8 Å². The van der Waals surface area contributed by atoms with Crippen LogP contribution in [-0.4, -0.2) is 65.1 Å². The molecule has 0 bridgehead atoms. The molecule has 2 aromatic heterocycles. The molecule has 0 unspecified atom stereocenters. The highest BCUT2D eigenvalue weighted by Crippen LogP contribution is 2.32. The van der Waals surface area contributed by atoms with Gasteiger partial charge in [-0.15, -0.1) is 0 Å². The summed E-state index contributed by atoms with van der Waals surface area (Å²) >= 11 is 0. The molecule has 2 aliphatic rings. The van der Waals surface area contributed by atoms with Crippen molar-refractivity contribution in [1.29, 1.82) is 0 Å². The number of alkyl halides is 2. The molecule has 150 valence electrons. The van der Waals surface area contributed by atoms with Gasteiger partial charge >= 0.3 is 6.01 Å². The maximum Gasteiger partial charge on any atom is 0.322 e. The minimum Gasteiger partial charge on any atom is -0.455 e. The van der Waals surface area contributed by atoms with Gasteiger partial charge in [0.1, 0.15) is 11.9 Å². The van der Waals surface area contributed by atoms with Crippen LogP contribution in [0.5, 0.6) is 6.01 Å². The number of hydrogen-bond acceptors (Lipinski definition) is 9. The number of hydrogen-bond donors (Lipinski definition) is 1. The molecular weight excluding hydrogens is 374 g/mol. The van der Waals surface area contributed by atoms with E-state index < -0.39 is 6.43 Å². The Hall–Kier alpha value is -2.66. The van der Waals surface area contributed by atoms with E-state index in [1.54, 1.807) is 0 Å². The summed E-state index contributed by atoms with van der Waals surface area (Å²) in [6, 6.07) is 1.20. The number of halogens is 2. The maximum atomic E-state index is 13.6. The number of aromatic nitrogens is 4. The molecule has 28 heavy (non-hydrogen) atoms. The van der Waals surface area contributed by atoms with E-state index in [1.165, 1.54) is 6.20 Å². The molecule has 0 aromatic carbocycles. The fraction of sp³-hybridized carbons (Fsp3) is 0.529. The number of ether oxygens (including phenoxy) is 3. The molecule has 0 radical (unpaired) electrons. The molecule has 1 atom stereocenters. The van der Waals surface area contributed by atoms with Crippen molar-refractivity contribution in [1.82, 2.24) is 19.9 Å². The molecule has 0 aliphatic carbocycles. The molecule has 4 heterocycles. The normalized spacial score (nSPS) is 20.3. The van der Waals surface area contributed by atoms with Crippen LogP contribution in [0, 0.1) is 0 Å². The summed E-state index contributed by atoms with van der Waals surface area (Å²) in [5.41, 5.74) is 5.36. The first kappa shape index (κ1) is 18.7. The lowest BCUT2D eigenvalue weighted by Gasteiger charge is -2.33. The number of morpholine rings is 1. The fourth-order valence-electron chi connectivity index (χ4n) is 2.96. The predicted molar refractivity (Wildman–Crippen MR) is 95.3 cm³/mol. The first-order valence-corrected chi connectivity index (χ1v) is 8.90. The second-order valence-electron chi connectivity index (χ2n) is 6.63. The monoisotopic (exact) mass is 394 g/mol. The quantitative estimate of drug-likeness (QED) is 0.806. The third-order valence-electron chi connectivity index (χ3n) is 4.54. The van der Waals surface area contributed by atoms with Gasteiger partial charge in [-0.1, -0.05) is 0 Å². The zero-order valence-electron chi connectivity index (χ0n) is 15.2. The van der Waals surface area contributed by atoms with Crippen molar-refractivity contribution in [3.8, 4) is 17.4 Å². The van der Waals surface area contributed by atoms with Crippen molar-refractivity contribution in [2.24, 2.45) is 0 Å². The van der Waals surface area contributed by atoms with Crippen LogP contribution < -0.4 is 15.4 Å². The predicted octanol–water partition coefficient (Wildman–Crippen LogP) is 1.46. The molecule has 0 amide bonds. The maximum absolute atomic E-state index is 13.6. The van der Waals surface area contributed by atoms with Crippen molar-refractivity contribution in [2.45, 2.75) is 25.5 Å².